The van der Waals surface area contributed by atoms with E-state index in [0.717, 1.165) is 11.4 Å². The van der Waals surface area contributed by atoms with Crippen molar-refractivity contribution in [2.24, 2.45) is 0 Å². The van der Waals surface area contributed by atoms with Crippen molar-refractivity contribution < 1.29 is 0 Å². The smallest absolute Gasteiger partial charge is 0.0384 e. The van der Waals surface area contributed by atoms with Crippen LogP contribution in [0.4, 0.5) is 11.4 Å². The Balaban J connectivity index is 1.19. The van der Waals surface area contributed by atoms with E-state index in [1.54, 1.807) is 0 Å². The predicted molar refractivity (Wildman–Crippen MR) is 170 cm³/mol. The summed E-state index contributed by atoms with van der Waals surface area (Å²) in [7, 11) is 0. The van der Waals surface area contributed by atoms with Crippen LogP contribution >= 0.6 is 0 Å². The number of fused-ring (bicyclic) bond motifs is 3. The van der Waals surface area contributed by atoms with Gasteiger partial charge in [0.25, 0.3) is 0 Å². The van der Waals surface area contributed by atoms with Crippen LogP contribution in [0.1, 0.15) is 25.0 Å². The summed E-state index contributed by atoms with van der Waals surface area (Å²) >= 11 is 0. The Morgan fingerprint density at radius 3 is 1.55 bits per heavy atom. The molecule has 40 heavy (non-hydrogen) atoms. The average molecular weight is 514 g/mol. The fourth-order valence-electron chi connectivity index (χ4n) is 6.11. The van der Waals surface area contributed by atoms with Crippen molar-refractivity contribution in [2.45, 2.75) is 19.3 Å². The third-order valence-corrected chi connectivity index (χ3v) is 8.28. The topological polar surface area (TPSA) is 12.0 Å². The molecule has 0 unspecified atom stereocenters. The average Bonchev–Trinajstić information content (AvgIpc) is 3.25. The van der Waals surface area contributed by atoms with E-state index in [-0.39, 0.29) is 5.41 Å². The fraction of sp³-hybridized carbons (Fsp3) is 0.0769. The fourth-order valence-corrected chi connectivity index (χ4v) is 6.11. The third kappa shape index (κ3) is 4.21. The first-order valence-electron chi connectivity index (χ1n) is 13.9. The molecule has 0 saturated heterocycles. The van der Waals surface area contributed by atoms with Gasteiger partial charge in [0.15, 0.2) is 0 Å². The number of hydrogen-bond acceptors (Lipinski definition) is 1. The molecule has 0 heterocycles. The number of rotatable bonds is 5. The van der Waals surface area contributed by atoms with E-state index >= 15 is 0 Å². The maximum atomic E-state index is 3.56. The summed E-state index contributed by atoms with van der Waals surface area (Å²) in [4.78, 5) is 0. The Labute approximate surface area is 236 Å². The Kier molecular flexibility index (Phi) is 5.86. The van der Waals surface area contributed by atoms with Crippen LogP contribution in [0.25, 0.3) is 44.5 Å². The molecule has 0 saturated carbocycles. The highest BCUT2D eigenvalue weighted by atomic mass is 14.9. The van der Waals surface area contributed by atoms with Gasteiger partial charge in [0.1, 0.15) is 0 Å². The minimum absolute atomic E-state index is 0.0567. The van der Waals surface area contributed by atoms with Crippen molar-refractivity contribution in [2.75, 3.05) is 5.32 Å². The molecule has 1 N–H and O–H groups in total. The molecule has 7 rings (SSSR count). The third-order valence-electron chi connectivity index (χ3n) is 8.28. The van der Waals surface area contributed by atoms with Gasteiger partial charge in [0.2, 0.25) is 0 Å². The highest BCUT2D eigenvalue weighted by Crippen LogP contribution is 2.52. The molecule has 1 heteroatoms. The van der Waals surface area contributed by atoms with Gasteiger partial charge in [0.05, 0.1) is 0 Å². The minimum atomic E-state index is -0.0567. The lowest BCUT2D eigenvalue weighted by Crippen LogP contribution is -2.15. The molecule has 0 radical (unpaired) electrons. The number of nitrogens with one attached hydrogen (secondary N) is 1. The van der Waals surface area contributed by atoms with Crippen molar-refractivity contribution in [1.82, 2.24) is 0 Å². The van der Waals surface area contributed by atoms with E-state index in [4.69, 9.17) is 0 Å². The normalized spacial score (nSPS) is 12.9. The number of anilines is 2. The molecule has 0 aromatic heterocycles. The molecule has 0 aliphatic heterocycles. The van der Waals surface area contributed by atoms with Gasteiger partial charge in [-0.2, -0.15) is 0 Å². The molecule has 0 amide bonds. The van der Waals surface area contributed by atoms with Crippen LogP contribution in [-0.2, 0) is 5.41 Å². The molecule has 1 nitrogen and oxygen atoms in total. The van der Waals surface area contributed by atoms with E-state index in [2.05, 4.69) is 159 Å². The lowest BCUT2D eigenvalue weighted by molar-refractivity contribution is 0.660. The van der Waals surface area contributed by atoms with Gasteiger partial charge in [0, 0.05) is 16.8 Å². The molecule has 1 aliphatic rings. The lowest BCUT2D eigenvalue weighted by Gasteiger charge is -2.22. The van der Waals surface area contributed by atoms with Gasteiger partial charge in [-0.1, -0.05) is 129 Å². The number of benzene rings is 6. The van der Waals surface area contributed by atoms with E-state index in [1.807, 2.05) is 6.07 Å². The highest BCUT2D eigenvalue weighted by Gasteiger charge is 2.37. The van der Waals surface area contributed by atoms with Crippen LogP contribution in [0.15, 0.2) is 146 Å². The van der Waals surface area contributed by atoms with Crippen LogP contribution in [-0.4, -0.2) is 0 Å². The maximum absolute atomic E-state index is 3.56. The minimum Gasteiger partial charge on any atom is -0.356 e. The molecule has 1 aliphatic carbocycles. The first-order chi connectivity index (χ1) is 19.6. The second-order valence-corrected chi connectivity index (χ2v) is 11.1. The SMILES string of the molecule is CC1(C)c2cc(-c3ccccc3)ccc2-c2c(-c3ccc(Nc4ccc(-c5ccccc5)cc4)cc3)cccc21. The standard InChI is InChI=1S/C39H31N/c1-39(2)36-15-9-14-34(38(36)35-25-20-31(26-37(35)39)28-12-7-4-8-13-28)30-18-23-33(24-19-30)40-32-21-16-29(17-22-32)27-10-5-3-6-11-27/h3-26,40H,1-2H3. The van der Waals surface area contributed by atoms with Crippen molar-refractivity contribution >= 4 is 11.4 Å². The molecular formula is C39H31N. The largest absolute Gasteiger partial charge is 0.356 e. The van der Waals surface area contributed by atoms with E-state index in [1.165, 1.54) is 55.6 Å². The summed E-state index contributed by atoms with van der Waals surface area (Å²) in [6.45, 7) is 4.71. The Morgan fingerprint density at radius 2 is 0.925 bits per heavy atom. The van der Waals surface area contributed by atoms with E-state index < -0.39 is 0 Å². The van der Waals surface area contributed by atoms with Crippen LogP contribution in [0, 0.1) is 0 Å². The first-order valence-corrected chi connectivity index (χ1v) is 13.9. The van der Waals surface area contributed by atoms with Gasteiger partial charge in [-0.05, 0) is 86.0 Å². The van der Waals surface area contributed by atoms with Crippen molar-refractivity contribution in [3.05, 3.63) is 157 Å². The zero-order chi connectivity index (χ0) is 27.1. The summed E-state index contributed by atoms with van der Waals surface area (Å²) in [5.41, 5.74) is 15.1. The van der Waals surface area contributed by atoms with Crippen LogP contribution in [0.2, 0.25) is 0 Å². The summed E-state index contributed by atoms with van der Waals surface area (Å²) in [5.74, 6) is 0. The van der Waals surface area contributed by atoms with Gasteiger partial charge in [-0.3, -0.25) is 0 Å². The summed E-state index contributed by atoms with van der Waals surface area (Å²) in [6, 6.07) is 52.4. The molecule has 192 valence electrons. The molecule has 0 bridgehead atoms. The molecule has 6 aromatic rings. The molecular weight excluding hydrogens is 482 g/mol. The Bertz CT molecular complexity index is 1800. The van der Waals surface area contributed by atoms with Crippen LogP contribution in [0.3, 0.4) is 0 Å². The number of hydrogen-bond donors (Lipinski definition) is 1. The van der Waals surface area contributed by atoms with Crippen molar-refractivity contribution in [1.29, 1.82) is 0 Å². The van der Waals surface area contributed by atoms with Crippen molar-refractivity contribution in [3.63, 3.8) is 0 Å². The summed E-state index contributed by atoms with van der Waals surface area (Å²) in [5, 5.41) is 3.56. The monoisotopic (exact) mass is 513 g/mol. The molecule has 6 aromatic carbocycles. The van der Waals surface area contributed by atoms with Gasteiger partial charge in [-0.25, -0.2) is 0 Å². The zero-order valence-electron chi connectivity index (χ0n) is 22.9. The van der Waals surface area contributed by atoms with Gasteiger partial charge in [-0.15, -0.1) is 0 Å². The molecule has 0 spiro atoms. The zero-order valence-corrected chi connectivity index (χ0v) is 22.9. The first kappa shape index (κ1) is 24.2. The second kappa shape index (κ2) is 9.70. The Hall–Kier alpha value is -4.88. The molecule has 0 fully saturated rings. The Morgan fingerprint density at radius 1 is 0.400 bits per heavy atom. The summed E-state index contributed by atoms with van der Waals surface area (Å²) < 4.78 is 0. The quantitative estimate of drug-likeness (QED) is 0.242. The molecule has 0 atom stereocenters. The highest BCUT2D eigenvalue weighted by molar-refractivity contribution is 5.93. The van der Waals surface area contributed by atoms with Gasteiger partial charge < -0.3 is 5.32 Å². The van der Waals surface area contributed by atoms with Gasteiger partial charge >= 0.3 is 0 Å². The lowest BCUT2D eigenvalue weighted by atomic mass is 9.81. The van der Waals surface area contributed by atoms with Crippen LogP contribution < -0.4 is 5.32 Å². The van der Waals surface area contributed by atoms with Crippen LogP contribution in [0.5, 0.6) is 0 Å². The predicted octanol–water partition coefficient (Wildman–Crippen LogP) is 10.7. The van der Waals surface area contributed by atoms with Crippen molar-refractivity contribution in [3.8, 4) is 44.5 Å². The maximum Gasteiger partial charge on any atom is 0.0384 e. The van der Waals surface area contributed by atoms with E-state index in [0.29, 0.717) is 0 Å². The summed E-state index contributed by atoms with van der Waals surface area (Å²) in [6.07, 6.45) is 0. The van der Waals surface area contributed by atoms with E-state index in [9.17, 15) is 0 Å². The second-order valence-electron chi connectivity index (χ2n) is 11.1.